The van der Waals surface area contributed by atoms with Gasteiger partial charge in [-0.15, -0.1) is 0 Å². The molecule has 0 fully saturated rings. The second-order valence-corrected chi connectivity index (χ2v) is 5.72. The summed E-state index contributed by atoms with van der Waals surface area (Å²) in [7, 11) is 0. The zero-order chi connectivity index (χ0) is 16.7. The first kappa shape index (κ1) is 15.9. The van der Waals surface area contributed by atoms with Crippen LogP contribution in [-0.2, 0) is 19.8 Å². The number of hydrogen-bond acceptors (Lipinski definition) is 4. The highest BCUT2D eigenvalue weighted by Gasteiger charge is 2.44. The first-order valence-corrected chi connectivity index (χ1v) is 6.73. The van der Waals surface area contributed by atoms with Gasteiger partial charge in [0.05, 0.1) is 17.5 Å². The summed E-state index contributed by atoms with van der Waals surface area (Å²) >= 11 is 0. The maximum absolute atomic E-state index is 14.1. The zero-order valence-corrected chi connectivity index (χ0v) is 12.5. The standard InChI is InChI=1S/C16H16FNO4/c1-8(19)7-18-15(22)12-13(20)11-9(5-4-6-10(11)17)16(2,3)14(12)21/h4-6,20H,7H2,1-3H3,(H,18,22). The third-order valence-electron chi connectivity index (χ3n) is 3.68. The summed E-state index contributed by atoms with van der Waals surface area (Å²) in [5.74, 6) is -3.22. The Hall–Kier alpha value is -2.50. The molecule has 5 nitrogen and oxygen atoms in total. The minimum Gasteiger partial charge on any atom is -0.506 e. The summed E-state index contributed by atoms with van der Waals surface area (Å²) < 4.78 is 14.1. The van der Waals surface area contributed by atoms with E-state index in [1.165, 1.54) is 19.1 Å². The number of nitrogens with one attached hydrogen (secondary N) is 1. The molecule has 1 aromatic carbocycles. The smallest absolute Gasteiger partial charge is 0.259 e. The average Bonchev–Trinajstić information content (AvgIpc) is 2.43. The number of aliphatic hydroxyl groups excluding tert-OH is 1. The van der Waals surface area contributed by atoms with Gasteiger partial charge < -0.3 is 10.4 Å². The monoisotopic (exact) mass is 305 g/mol. The molecule has 0 saturated carbocycles. The first-order chi connectivity index (χ1) is 10.2. The van der Waals surface area contributed by atoms with Crippen LogP contribution in [0.15, 0.2) is 23.8 Å². The highest BCUT2D eigenvalue weighted by molar-refractivity contribution is 6.28. The number of amides is 1. The van der Waals surface area contributed by atoms with Crippen LogP contribution in [0.25, 0.3) is 5.76 Å². The van der Waals surface area contributed by atoms with Crippen molar-refractivity contribution in [3.63, 3.8) is 0 Å². The predicted molar refractivity (Wildman–Crippen MR) is 77.7 cm³/mol. The third kappa shape index (κ3) is 2.41. The van der Waals surface area contributed by atoms with Crippen molar-refractivity contribution in [2.45, 2.75) is 26.2 Å². The molecular weight excluding hydrogens is 289 g/mol. The number of benzene rings is 1. The van der Waals surface area contributed by atoms with Gasteiger partial charge in [0.25, 0.3) is 5.91 Å². The molecule has 0 atom stereocenters. The van der Waals surface area contributed by atoms with Crippen molar-refractivity contribution in [1.82, 2.24) is 5.32 Å². The molecule has 0 heterocycles. The van der Waals surface area contributed by atoms with Gasteiger partial charge in [-0.25, -0.2) is 4.39 Å². The van der Waals surface area contributed by atoms with Crippen molar-refractivity contribution >= 4 is 23.2 Å². The second kappa shape index (κ2) is 5.36. The van der Waals surface area contributed by atoms with Crippen molar-refractivity contribution in [1.29, 1.82) is 0 Å². The fourth-order valence-electron chi connectivity index (χ4n) is 2.46. The molecule has 0 aliphatic heterocycles. The second-order valence-electron chi connectivity index (χ2n) is 5.72. The minimum absolute atomic E-state index is 0.153. The topological polar surface area (TPSA) is 83.5 Å². The number of halogens is 1. The SMILES string of the molecule is CC(=O)CNC(=O)C1=C(O)c2c(F)cccc2C(C)(C)C1=O. The van der Waals surface area contributed by atoms with E-state index in [1.54, 1.807) is 13.8 Å². The molecule has 1 aliphatic rings. The largest absolute Gasteiger partial charge is 0.506 e. The van der Waals surface area contributed by atoms with Crippen molar-refractivity contribution in [2.75, 3.05) is 6.54 Å². The zero-order valence-electron chi connectivity index (χ0n) is 12.5. The van der Waals surface area contributed by atoms with E-state index >= 15 is 0 Å². The summed E-state index contributed by atoms with van der Waals surface area (Å²) in [5.41, 5.74) is -1.52. The molecule has 0 aromatic heterocycles. The maximum Gasteiger partial charge on any atom is 0.259 e. The van der Waals surface area contributed by atoms with Crippen LogP contribution in [0.3, 0.4) is 0 Å². The number of Topliss-reactive ketones (excluding diaryl/α,β-unsaturated/α-hetero) is 2. The average molecular weight is 305 g/mol. The van der Waals surface area contributed by atoms with Crippen molar-refractivity contribution in [3.8, 4) is 0 Å². The normalized spacial score (nSPS) is 16.3. The fraction of sp³-hybridized carbons (Fsp3) is 0.312. The van der Waals surface area contributed by atoms with Gasteiger partial charge in [0, 0.05) is 0 Å². The van der Waals surface area contributed by atoms with Crippen LogP contribution in [-0.4, -0.2) is 29.1 Å². The van der Waals surface area contributed by atoms with E-state index in [1.807, 2.05) is 0 Å². The van der Waals surface area contributed by atoms with Crippen molar-refractivity contribution in [2.24, 2.45) is 0 Å². The van der Waals surface area contributed by atoms with Crippen LogP contribution in [0, 0.1) is 5.82 Å². The lowest BCUT2D eigenvalue weighted by Gasteiger charge is -2.31. The Bertz CT molecular complexity index is 719. The van der Waals surface area contributed by atoms with E-state index in [2.05, 4.69) is 5.32 Å². The molecule has 1 amide bonds. The molecule has 2 N–H and O–H groups in total. The Labute approximate surface area is 126 Å². The van der Waals surface area contributed by atoms with Crippen LogP contribution in [0.5, 0.6) is 0 Å². The summed E-state index contributed by atoms with van der Waals surface area (Å²) in [5, 5.41) is 12.5. The van der Waals surface area contributed by atoms with Crippen molar-refractivity contribution in [3.05, 3.63) is 40.7 Å². The first-order valence-electron chi connectivity index (χ1n) is 6.73. The summed E-state index contributed by atoms with van der Waals surface area (Å²) in [6, 6.07) is 4.13. The summed E-state index contributed by atoms with van der Waals surface area (Å²) in [4.78, 5) is 35.6. The molecule has 22 heavy (non-hydrogen) atoms. The van der Waals surface area contributed by atoms with Crippen LogP contribution in [0.2, 0.25) is 0 Å². The lowest BCUT2D eigenvalue weighted by Crippen LogP contribution is -2.42. The summed E-state index contributed by atoms with van der Waals surface area (Å²) in [6.07, 6.45) is 0. The predicted octanol–water partition coefficient (Wildman–Crippen LogP) is 1.66. The Morgan fingerprint density at radius 2 is 1.95 bits per heavy atom. The number of carbonyl (C=O) groups is 3. The molecule has 2 rings (SSSR count). The van der Waals surface area contributed by atoms with Crippen LogP contribution >= 0.6 is 0 Å². The molecule has 0 bridgehead atoms. The van der Waals surface area contributed by atoms with Gasteiger partial charge in [0.15, 0.2) is 5.78 Å². The Morgan fingerprint density at radius 3 is 2.55 bits per heavy atom. The van der Waals surface area contributed by atoms with Crippen LogP contribution < -0.4 is 5.32 Å². The molecule has 116 valence electrons. The maximum atomic E-state index is 14.1. The number of aliphatic hydroxyl groups is 1. The summed E-state index contributed by atoms with van der Waals surface area (Å²) in [6.45, 7) is 4.11. The van der Waals surface area contributed by atoms with Gasteiger partial charge in [-0.3, -0.25) is 14.4 Å². The Kier molecular flexibility index (Phi) is 3.87. The fourth-order valence-corrected chi connectivity index (χ4v) is 2.46. The van der Waals surface area contributed by atoms with E-state index in [9.17, 15) is 23.9 Å². The molecule has 0 spiro atoms. The molecular formula is C16H16FNO4. The third-order valence-corrected chi connectivity index (χ3v) is 3.68. The molecule has 1 aromatic rings. The van der Waals surface area contributed by atoms with E-state index < -0.39 is 34.3 Å². The minimum atomic E-state index is -1.16. The number of hydrogen-bond donors (Lipinski definition) is 2. The number of ketones is 2. The lowest BCUT2D eigenvalue weighted by molar-refractivity contribution is -0.126. The Morgan fingerprint density at radius 1 is 1.32 bits per heavy atom. The van der Waals surface area contributed by atoms with Crippen LogP contribution in [0.1, 0.15) is 31.9 Å². The Balaban J connectivity index is 2.60. The van der Waals surface area contributed by atoms with Gasteiger partial charge in [0.1, 0.15) is 22.9 Å². The number of rotatable bonds is 3. The van der Waals surface area contributed by atoms with Gasteiger partial charge >= 0.3 is 0 Å². The molecule has 1 aliphatic carbocycles. The van der Waals surface area contributed by atoms with E-state index in [0.717, 1.165) is 6.07 Å². The molecule has 0 unspecified atom stereocenters. The van der Waals surface area contributed by atoms with E-state index in [-0.39, 0.29) is 17.9 Å². The lowest BCUT2D eigenvalue weighted by atomic mass is 9.71. The number of carbonyl (C=O) groups excluding carboxylic acids is 3. The highest BCUT2D eigenvalue weighted by atomic mass is 19.1. The van der Waals surface area contributed by atoms with Gasteiger partial charge in [-0.1, -0.05) is 12.1 Å². The molecule has 6 heteroatoms. The quantitative estimate of drug-likeness (QED) is 0.832. The number of fused-ring (bicyclic) bond motifs is 1. The highest BCUT2D eigenvalue weighted by Crippen LogP contribution is 2.40. The molecule has 0 saturated heterocycles. The van der Waals surface area contributed by atoms with Gasteiger partial charge in [0.2, 0.25) is 0 Å². The van der Waals surface area contributed by atoms with E-state index in [4.69, 9.17) is 0 Å². The van der Waals surface area contributed by atoms with Crippen LogP contribution in [0.4, 0.5) is 4.39 Å². The molecule has 0 radical (unpaired) electrons. The van der Waals surface area contributed by atoms with Gasteiger partial charge in [-0.05, 0) is 32.4 Å². The van der Waals surface area contributed by atoms with E-state index in [0.29, 0.717) is 5.56 Å². The van der Waals surface area contributed by atoms with Crippen molar-refractivity contribution < 1.29 is 23.9 Å². The van der Waals surface area contributed by atoms with Gasteiger partial charge in [-0.2, -0.15) is 0 Å².